The van der Waals surface area contributed by atoms with Crippen LogP contribution in [0.1, 0.15) is 9.94 Å². The number of aromatic nitrogens is 2. The lowest BCUT2D eigenvalue weighted by Gasteiger charge is -2.18. The van der Waals surface area contributed by atoms with Crippen LogP contribution in [0.2, 0.25) is 0 Å². The van der Waals surface area contributed by atoms with E-state index in [1.807, 2.05) is 47.7 Å². The first-order valence-electron chi connectivity index (χ1n) is 15.9. The van der Waals surface area contributed by atoms with Gasteiger partial charge in [-0.3, -0.25) is 4.57 Å². The standard InChI is InChI=1S/C40H26N2S/c1-25-41-35-15-7-8-16-36(35)42(25)28-21-18-26(19-22-28)39-30-11-2-4-13-32(30)40(33-14-5-3-12-31(33)39)27-20-23-38-34(24-27)29-10-6-9-17-37(29)43-38/h2-24H,1H3/i1D3. The molecule has 0 radical (unpaired) electrons. The fourth-order valence-corrected chi connectivity index (χ4v) is 7.78. The van der Waals surface area contributed by atoms with Crippen molar-refractivity contribution in [3.8, 4) is 27.9 Å². The van der Waals surface area contributed by atoms with Crippen molar-refractivity contribution in [2.24, 2.45) is 0 Å². The topological polar surface area (TPSA) is 17.8 Å². The molecule has 0 saturated carbocycles. The number of nitrogens with zero attached hydrogens (tertiary/aromatic N) is 2. The quantitative estimate of drug-likeness (QED) is 0.194. The smallest absolute Gasteiger partial charge is 0.111 e. The summed E-state index contributed by atoms with van der Waals surface area (Å²) in [4.78, 5) is 4.49. The third-order valence-electron chi connectivity index (χ3n) is 8.57. The lowest BCUT2D eigenvalue weighted by atomic mass is 9.86. The van der Waals surface area contributed by atoms with E-state index >= 15 is 0 Å². The van der Waals surface area contributed by atoms with Crippen molar-refractivity contribution in [2.75, 3.05) is 0 Å². The van der Waals surface area contributed by atoms with Crippen molar-refractivity contribution < 1.29 is 4.11 Å². The highest BCUT2D eigenvalue weighted by atomic mass is 32.1. The van der Waals surface area contributed by atoms with Gasteiger partial charge in [0.15, 0.2) is 0 Å². The minimum atomic E-state index is -2.35. The molecule has 43 heavy (non-hydrogen) atoms. The van der Waals surface area contributed by atoms with Crippen LogP contribution in [0.5, 0.6) is 0 Å². The van der Waals surface area contributed by atoms with E-state index in [-0.39, 0.29) is 5.82 Å². The van der Waals surface area contributed by atoms with Gasteiger partial charge >= 0.3 is 0 Å². The van der Waals surface area contributed by atoms with Gasteiger partial charge in [-0.1, -0.05) is 97.1 Å². The summed E-state index contributed by atoms with van der Waals surface area (Å²) in [6, 6.07) is 48.6. The van der Waals surface area contributed by atoms with E-state index in [0.717, 1.165) is 22.3 Å². The van der Waals surface area contributed by atoms with Gasteiger partial charge in [0.1, 0.15) is 5.82 Å². The third kappa shape index (κ3) is 3.68. The number of aryl methyl sites for hydroxylation is 1. The van der Waals surface area contributed by atoms with Crippen molar-refractivity contribution in [1.29, 1.82) is 0 Å². The molecule has 0 fully saturated rings. The normalized spacial score (nSPS) is 13.2. The van der Waals surface area contributed by atoms with Crippen LogP contribution in [0.4, 0.5) is 0 Å². The lowest BCUT2D eigenvalue weighted by Crippen LogP contribution is -1.97. The first-order chi connectivity index (χ1) is 22.5. The largest absolute Gasteiger partial charge is 0.297 e. The lowest BCUT2D eigenvalue weighted by molar-refractivity contribution is 1.00. The molecule has 9 rings (SSSR count). The van der Waals surface area contributed by atoms with Gasteiger partial charge in [-0.2, -0.15) is 0 Å². The average Bonchev–Trinajstić information content (AvgIpc) is 3.66. The van der Waals surface area contributed by atoms with Crippen LogP contribution < -0.4 is 0 Å². The molecule has 0 aliphatic rings. The van der Waals surface area contributed by atoms with Crippen molar-refractivity contribution >= 4 is 64.1 Å². The number of fused-ring (bicyclic) bond motifs is 6. The van der Waals surface area contributed by atoms with E-state index < -0.39 is 6.85 Å². The number of benzene rings is 7. The second-order valence-electron chi connectivity index (χ2n) is 11.0. The van der Waals surface area contributed by atoms with Crippen LogP contribution in [0.25, 0.3) is 80.7 Å². The second-order valence-corrected chi connectivity index (χ2v) is 12.0. The summed E-state index contributed by atoms with van der Waals surface area (Å²) in [5.41, 5.74) is 6.88. The van der Waals surface area contributed by atoms with Gasteiger partial charge in [0.05, 0.1) is 11.0 Å². The van der Waals surface area contributed by atoms with Crippen molar-refractivity contribution in [1.82, 2.24) is 9.55 Å². The third-order valence-corrected chi connectivity index (χ3v) is 9.72. The van der Waals surface area contributed by atoms with Crippen LogP contribution in [-0.4, -0.2) is 9.55 Å². The molecule has 0 bridgehead atoms. The molecule has 0 atom stereocenters. The molecule has 9 aromatic rings. The molecule has 2 heterocycles. The van der Waals surface area contributed by atoms with Crippen molar-refractivity contribution in [2.45, 2.75) is 6.85 Å². The van der Waals surface area contributed by atoms with Crippen molar-refractivity contribution in [3.63, 3.8) is 0 Å². The number of imidazole rings is 1. The van der Waals surface area contributed by atoms with Crippen LogP contribution in [0.3, 0.4) is 0 Å². The predicted octanol–water partition coefficient (Wildman–Crippen LogP) is 11.3. The summed E-state index contributed by atoms with van der Waals surface area (Å²) < 4.78 is 28.9. The molecule has 0 spiro atoms. The Morgan fingerprint density at radius 2 is 1.09 bits per heavy atom. The Labute approximate surface area is 257 Å². The van der Waals surface area contributed by atoms with Gasteiger partial charge in [0.2, 0.25) is 0 Å². The van der Waals surface area contributed by atoms with Crippen LogP contribution >= 0.6 is 11.3 Å². The molecule has 0 saturated heterocycles. The highest BCUT2D eigenvalue weighted by Gasteiger charge is 2.18. The number of para-hydroxylation sites is 2. The van der Waals surface area contributed by atoms with Gasteiger partial charge in [-0.15, -0.1) is 11.3 Å². The van der Waals surface area contributed by atoms with E-state index in [0.29, 0.717) is 5.52 Å². The van der Waals surface area contributed by atoms with Crippen LogP contribution in [0.15, 0.2) is 140 Å². The first kappa shape index (κ1) is 21.5. The average molecular weight is 570 g/mol. The highest BCUT2D eigenvalue weighted by molar-refractivity contribution is 7.25. The van der Waals surface area contributed by atoms with Gasteiger partial charge in [0, 0.05) is 30.0 Å². The zero-order valence-electron chi connectivity index (χ0n) is 26.1. The first-order valence-corrected chi connectivity index (χ1v) is 15.2. The van der Waals surface area contributed by atoms with Gasteiger partial charge < -0.3 is 0 Å². The summed E-state index contributed by atoms with van der Waals surface area (Å²) in [5.74, 6) is 0.0667. The zero-order chi connectivity index (χ0) is 31.0. The Bertz CT molecular complexity index is 2570. The molecule has 2 aromatic heterocycles. The van der Waals surface area contributed by atoms with Crippen LogP contribution in [0, 0.1) is 6.85 Å². The maximum Gasteiger partial charge on any atom is 0.111 e. The second kappa shape index (κ2) is 9.38. The monoisotopic (exact) mass is 569 g/mol. The van der Waals surface area contributed by atoms with Gasteiger partial charge in [-0.25, -0.2) is 4.98 Å². The Hall–Kier alpha value is -5.25. The van der Waals surface area contributed by atoms with Gasteiger partial charge in [0.25, 0.3) is 0 Å². The SMILES string of the molecule is [2H]C([2H])([2H])c1nc2ccccc2n1-c1ccc(-c2c3ccccc3c(-c3ccc4sc5ccccc5c4c3)c3ccccc23)cc1. The molecule has 0 unspecified atom stereocenters. The molecular formula is C40H26N2S. The highest BCUT2D eigenvalue weighted by Crippen LogP contribution is 2.45. The molecule has 202 valence electrons. The minimum Gasteiger partial charge on any atom is -0.297 e. The van der Waals surface area contributed by atoms with E-state index in [9.17, 15) is 0 Å². The molecule has 0 amide bonds. The molecule has 3 heteroatoms. The van der Waals surface area contributed by atoms with E-state index in [4.69, 9.17) is 4.11 Å². The molecule has 0 aliphatic heterocycles. The predicted molar refractivity (Wildman–Crippen MR) is 185 cm³/mol. The number of rotatable bonds is 3. The van der Waals surface area contributed by atoms with Gasteiger partial charge in [-0.05, 0) is 93.1 Å². The Morgan fingerprint density at radius 1 is 0.535 bits per heavy atom. The maximum atomic E-state index is 8.17. The Morgan fingerprint density at radius 3 is 1.79 bits per heavy atom. The zero-order valence-corrected chi connectivity index (χ0v) is 23.9. The summed E-state index contributed by atoms with van der Waals surface area (Å²) in [6.45, 7) is -2.35. The molecule has 0 aliphatic carbocycles. The Kier molecular flexibility index (Phi) is 4.68. The fourth-order valence-electron chi connectivity index (χ4n) is 6.70. The van der Waals surface area contributed by atoms with Crippen LogP contribution in [-0.2, 0) is 0 Å². The number of hydrogen-bond donors (Lipinski definition) is 0. The molecule has 0 N–H and O–H groups in total. The minimum absolute atomic E-state index is 0.0667. The number of hydrogen-bond acceptors (Lipinski definition) is 2. The van der Waals surface area contributed by atoms with E-state index in [1.165, 1.54) is 52.8 Å². The summed E-state index contributed by atoms with van der Waals surface area (Å²) in [7, 11) is 0. The van der Waals surface area contributed by atoms with Crippen molar-refractivity contribution in [3.05, 3.63) is 145 Å². The summed E-state index contributed by atoms with van der Waals surface area (Å²) in [5, 5.41) is 7.33. The van der Waals surface area contributed by atoms with E-state index in [2.05, 4.69) is 108 Å². The Balaban J connectivity index is 1.27. The summed E-state index contributed by atoms with van der Waals surface area (Å²) >= 11 is 1.84. The molecular weight excluding hydrogens is 541 g/mol. The maximum absolute atomic E-state index is 8.17. The fraction of sp³-hybridized carbons (Fsp3) is 0.0250. The summed E-state index contributed by atoms with van der Waals surface area (Å²) in [6.07, 6.45) is 0. The van der Waals surface area contributed by atoms with E-state index in [1.54, 1.807) is 4.57 Å². The molecule has 7 aromatic carbocycles. The molecule has 2 nitrogen and oxygen atoms in total. The number of thiophene rings is 1.